The molecule has 1 heterocycles. The second kappa shape index (κ2) is 5.77. The van der Waals surface area contributed by atoms with Crippen LogP contribution in [0.3, 0.4) is 0 Å². The molecule has 0 aliphatic rings. The lowest BCUT2D eigenvalue weighted by atomic mass is 10.0. The van der Waals surface area contributed by atoms with Gasteiger partial charge in [-0.05, 0) is 25.1 Å². The van der Waals surface area contributed by atoms with Crippen LogP contribution in [0.15, 0.2) is 30.5 Å². The van der Waals surface area contributed by atoms with Gasteiger partial charge in [0, 0.05) is 11.1 Å². The number of carboxylic acid groups (broad SMARTS) is 1. The Morgan fingerprint density at radius 1 is 1.29 bits per heavy atom. The van der Waals surface area contributed by atoms with Crippen molar-refractivity contribution in [3.05, 3.63) is 47.2 Å². The fourth-order valence-corrected chi connectivity index (χ4v) is 1.82. The van der Waals surface area contributed by atoms with Gasteiger partial charge in [-0.15, -0.1) is 5.92 Å². The quantitative estimate of drug-likeness (QED) is 0.822. The molecule has 0 spiro atoms. The van der Waals surface area contributed by atoms with E-state index in [9.17, 15) is 9.90 Å². The van der Waals surface area contributed by atoms with Gasteiger partial charge in [-0.1, -0.05) is 12.0 Å². The van der Waals surface area contributed by atoms with Crippen molar-refractivity contribution in [1.29, 1.82) is 5.26 Å². The summed E-state index contributed by atoms with van der Waals surface area (Å²) in [5.74, 6) is 3.89. The van der Waals surface area contributed by atoms with Gasteiger partial charge in [0.2, 0.25) is 0 Å². The number of rotatable bonds is 2. The number of aromatic carboxylic acids is 1. The minimum Gasteiger partial charge on any atom is -0.505 e. The molecule has 0 aliphatic carbocycles. The molecule has 0 bridgehead atoms. The molecule has 0 radical (unpaired) electrons. The van der Waals surface area contributed by atoms with Crippen LogP contribution in [0.1, 0.15) is 28.4 Å². The minimum atomic E-state index is -1.25. The molecule has 0 aliphatic heterocycles. The van der Waals surface area contributed by atoms with Gasteiger partial charge >= 0.3 is 5.97 Å². The fraction of sp³-hybridized carbons (Fsp3) is 0.0625. The first-order chi connectivity index (χ1) is 10.1. The summed E-state index contributed by atoms with van der Waals surface area (Å²) in [6, 6.07) is 8.27. The van der Waals surface area contributed by atoms with Crippen LogP contribution in [-0.2, 0) is 0 Å². The van der Waals surface area contributed by atoms with Crippen LogP contribution in [0.2, 0.25) is 0 Å². The molecule has 102 valence electrons. The van der Waals surface area contributed by atoms with Gasteiger partial charge in [-0.3, -0.25) is 4.98 Å². The van der Waals surface area contributed by atoms with Gasteiger partial charge < -0.3 is 10.2 Å². The molecule has 2 N–H and O–H groups in total. The topological polar surface area (TPSA) is 94.2 Å². The molecular formula is C16H10N2O3. The summed E-state index contributed by atoms with van der Waals surface area (Å²) in [4.78, 5) is 15.0. The maximum Gasteiger partial charge on any atom is 0.339 e. The first-order valence-corrected chi connectivity index (χ1v) is 5.96. The molecule has 1 aromatic carbocycles. The zero-order chi connectivity index (χ0) is 15.4. The summed E-state index contributed by atoms with van der Waals surface area (Å²) in [5.41, 5.74) is 1.68. The van der Waals surface area contributed by atoms with Gasteiger partial charge in [0.1, 0.15) is 17.4 Å². The average Bonchev–Trinajstić information content (AvgIpc) is 2.48. The number of hydrogen-bond donors (Lipinski definition) is 2. The van der Waals surface area contributed by atoms with Crippen molar-refractivity contribution < 1.29 is 15.0 Å². The normalized spacial score (nSPS) is 9.33. The predicted octanol–water partition coefficient (Wildman–Crippen LogP) is 2.40. The number of aromatic nitrogens is 1. The van der Waals surface area contributed by atoms with Gasteiger partial charge in [-0.25, -0.2) is 4.79 Å². The van der Waals surface area contributed by atoms with Crippen LogP contribution in [0.25, 0.3) is 11.3 Å². The van der Waals surface area contributed by atoms with E-state index in [0.717, 1.165) is 6.20 Å². The van der Waals surface area contributed by atoms with Crippen LogP contribution in [0.4, 0.5) is 0 Å². The lowest BCUT2D eigenvalue weighted by Crippen LogP contribution is -1.98. The van der Waals surface area contributed by atoms with E-state index in [2.05, 4.69) is 16.8 Å². The summed E-state index contributed by atoms with van der Waals surface area (Å²) in [6.07, 6.45) is 1.07. The van der Waals surface area contributed by atoms with E-state index in [1.165, 1.54) is 6.07 Å². The van der Waals surface area contributed by atoms with Crippen molar-refractivity contribution in [2.24, 2.45) is 0 Å². The van der Waals surface area contributed by atoms with Crippen LogP contribution in [0.5, 0.6) is 5.75 Å². The summed E-state index contributed by atoms with van der Waals surface area (Å²) < 4.78 is 0. The Morgan fingerprint density at radius 2 is 2.05 bits per heavy atom. The first kappa shape index (κ1) is 14.1. The largest absolute Gasteiger partial charge is 0.505 e. The Labute approximate surface area is 121 Å². The van der Waals surface area contributed by atoms with Gasteiger partial charge in [-0.2, -0.15) is 5.26 Å². The number of nitrogens with zero attached hydrogens (tertiary/aromatic N) is 2. The van der Waals surface area contributed by atoms with Crippen molar-refractivity contribution >= 4 is 5.97 Å². The van der Waals surface area contributed by atoms with Crippen LogP contribution in [0, 0.1) is 23.2 Å². The first-order valence-electron chi connectivity index (χ1n) is 5.96. The Bertz CT molecular complexity index is 824. The second-order valence-corrected chi connectivity index (χ2v) is 4.14. The molecule has 5 heteroatoms. The SMILES string of the molecule is CC#Cc1ccc(-c2cc(C(=O)O)c(O)cn2)cc1C#N. The number of pyridine rings is 1. The summed E-state index contributed by atoms with van der Waals surface area (Å²) in [5, 5.41) is 27.6. The molecule has 0 saturated carbocycles. The van der Waals surface area contributed by atoms with Crippen LogP contribution in [-0.4, -0.2) is 21.2 Å². The molecule has 2 rings (SSSR count). The highest BCUT2D eigenvalue weighted by Crippen LogP contribution is 2.25. The summed E-state index contributed by atoms with van der Waals surface area (Å²) in [6.45, 7) is 1.68. The molecule has 0 unspecified atom stereocenters. The second-order valence-electron chi connectivity index (χ2n) is 4.14. The lowest BCUT2D eigenvalue weighted by Gasteiger charge is -2.05. The van der Waals surface area contributed by atoms with Crippen LogP contribution >= 0.6 is 0 Å². The monoisotopic (exact) mass is 278 g/mol. The van der Waals surface area contributed by atoms with Crippen molar-refractivity contribution in [2.75, 3.05) is 0 Å². The summed E-state index contributed by atoms with van der Waals surface area (Å²) >= 11 is 0. The number of carboxylic acids is 1. The van der Waals surface area contributed by atoms with E-state index in [1.807, 2.05) is 6.07 Å². The highest BCUT2D eigenvalue weighted by molar-refractivity contribution is 5.91. The van der Waals surface area contributed by atoms with E-state index in [4.69, 9.17) is 10.4 Å². The third kappa shape index (κ3) is 2.83. The van der Waals surface area contributed by atoms with E-state index >= 15 is 0 Å². The number of benzene rings is 1. The minimum absolute atomic E-state index is 0.240. The van der Waals surface area contributed by atoms with Crippen molar-refractivity contribution in [3.8, 4) is 34.9 Å². The molecule has 5 nitrogen and oxygen atoms in total. The highest BCUT2D eigenvalue weighted by atomic mass is 16.4. The molecular weight excluding hydrogens is 268 g/mol. The third-order valence-corrected chi connectivity index (χ3v) is 2.81. The zero-order valence-corrected chi connectivity index (χ0v) is 11.1. The lowest BCUT2D eigenvalue weighted by molar-refractivity contribution is 0.0693. The Morgan fingerprint density at radius 3 is 2.67 bits per heavy atom. The molecule has 1 aromatic heterocycles. The molecule has 0 fully saturated rings. The molecule has 0 saturated heterocycles. The van der Waals surface area contributed by atoms with Gasteiger partial charge in [0.25, 0.3) is 0 Å². The van der Waals surface area contributed by atoms with E-state index in [0.29, 0.717) is 22.4 Å². The maximum atomic E-state index is 11.0. The number of nitriles is 1. The fourth-order valence-electron chi connectivity index (χ4n) is 1.82. The summed E-state index contributed by atoms with van der Waals surface area (Å²) in [7, 11) is 0. The number of carbonyl (C=O) groups is 1. The molecule has 0 amide bonds. The number of aromatic hydroxyl groups is 1. The van der Waals surface area contributed by atoms with Crippen molar-refractivity contribution in [3.63, 3.8) is 0 Å². The van der Waals surface area contributed by atoms with Crippen molar-refractivity contribution in [1.82, 2.24) is 4.98 Å². The molecule has 21 heavy (non-hydrogen) atoms. The van der Waals surface area contributed by atoms with E-state index < -0.39 is 11.7 Å². The van der Waals surface area contributed by atoms with Crippen molar-refractivity contribution in [2.45, 2.75) is 6.92 Å². The third-order valence-electron chi connectivity index (χ3n) is 2.81. The number of hydrogen-bond acceptors (Lipinski definition) is 4. The Hall–Kier alpha value is -3.31. The van der Waals surface area contributed by atoms with Gasteiger partial charge in [0.15, 0.2) is 0 Å². The average molecular weight is 278 g/mol. The highest BCUT2D eigenvalue weighted by Gasteiger charge is 2.13. The standard InChI is InChI=1S/C16H10N2O3/c1-2-3-10-4-5-11(6-12(10)8-17)14-7-13(16(20)21)15(19)9-18-14/h4-7,9,19H,1H3,(H,20,21). The predicted molar refractivity (Wildman–Crippen MR) is 75.6 cm³/mol. The maximum absolute atomic E-state index is 11.0. The van der Waals surface area contributed by atoms with E-state index in [-0.39, 0.29) is 5.56 Å². The Balaban J connectivity index is 2.57. The molecule has 0 atom stereocenters. The smallest absolute Gasteiger partial charge is 0.339 e. The van der Waals surface area contributed by atoms with E-state index in [1.54, 1.807) is 25.1 Å². The zero-order valence-electron chi connectivity index (χ0n) is 11.1. The van der Waals surface area contributed by atoms with Gasteiger partial charge in [0.05, 0.1) is 17.5 Å². The molecule has 2 aromatic rings. The van der Waals surface area contributed by atoms with Crippen LogP contribution < -0.4 is 0 Å². The Kier molecular flexibility index (Phi) is 3.87.